The molecule has 2 aliphatic rings. The molecule has 1 saturated carbocycles. The maximum absolute atomic E-state index is 12.8. The van der Waals surface area contributed by atoms with Crippen LogP contribution in [-0.2, 0) is 11.2 Å². The summed E-state index contributed by atoms with van der Waals surface area (Å²) in [5.74, 6) is -0.284. The lowest BCUT2D eigenvalue weighted by Gasteiger charge is -2.21. The lowest BCUT2D eigenvalue weighted by atomic mass is 10.1. The zero-order chi connectivity index (χ0) is 19.7. The van der Waals surface area contributed by atoms with Gasteiger partial charge in [0.1, 0.15) is 5.56 Å². The first-order valence-corrected chi connectivity index (χ1v) is 9.53. The van der Waals surface area contributed by atoms with Gasteiger partial charge in [0.15, 0.2) is 0 Å². The van der Waals surface area contributed by atoms with Crippen molar-refractivity contribution in [3.05, 3.63) is 63.7 Å². The minimum absolute atomic E-state index is 0.00638. The van der Waals surface area contributed by atoms with Crippen molar-refractivity contribution in [1.82, 2.24) is 0 Å². The molecule has 1 aliphatic carbocycles. The number of fused-ring (bicyclic) bond motifs is 1. The maximum Gasteiger partial charge on any atom is 0.282 e. The van der Waals surface area contributed by atoms with Crippen LogP contribution in [0.25, 0.3) is 0 Å². The smallest absolute Gasteiger partial charge is 0.282 e. The topological polar surface area (TPSA) is 92.6 Å². The number of anilines is 2. The summed E-state index contributed by atoms with van der Waals surface area (Å²) in [4.78, 5) is 37.8. The fourth-order valence-electron chi connectivity index (χ4n) is 4.10. The highest BCUT2D eigenvalue weighted by atomic mass is 16.6. The Kier molecular flexibility index (Phi) is 4.81. The second kappa shape index (κ2) is 7.42. The Morgan fingerprint density at radius 2 is 1.86 bits per heavy atom. The molecule has 2 amide bonds. The molecule has 0 radical (unpaired) electrons. The lowest BCUT2D eigenvalue weighted by Crippen LogP contribution is -2.33. The van der Waals surface area contributed by atoms with Crippen LogP contribution in [0.15, 0.2) is 42.5 Å². The van der Waals surface area contributed by atoms with Crippen LogP contribution in [0.2, 0.25) is 0 Å². The summed E-state index contributed by atoms with van der Waals surface area (Å²) in [6.07, 6.45) is 4.88. The van der Waals surface area contributed by atoms with E-state index in [0.29, 0.717) is 12.2 Å². The number of nitrogens with one attached hydrogen (secondary N) is 1. The summed E-state index contributed by atoms with van der Waals surface area (Å²) >= 11 is 0. The summed E-state index contributed by atoms with van der Waals surface area (Å²) in [7, 11) is 0. The number of nitro benzene ring substituents is 1. The minimum atomic E-state index is -0.570. The molecular weight excluding hydrogens is 358 g/mol. The third-order valence-corrected chi connectivity index (χ3v) is 5.55. The Balaban J connectivity index is 1.56. The van der Waals surface area contributed by atoms with Crippen LogP contribution in [0, 0.1) is 16.0 Å². The molecule has 28 heavy (non-hydrogen) atoms. The molecule has 0 aromatic heterocycles. The Bertz CT molecular complexity index is 950. The quantitative estimate of drug-likeness (QED) is 0.643. The SMILES string of the molecule is O=C(Nc1ccc2c(c1)N(C(=O)C1CCCC1)CC2)c1ccccc1[N+](=O)[O-]. The minimum Gasteiger partial charge on any atom is -0.322 e. The molecule has 2 aromatic rings. The van der Waals surface area contributed by atoms with Crippen LogP contribution in [0.5, 0.6) is 0 Å². The van der Waals surface area contributed by atoms with Gasteiger partial charge < -0.3 is 10.2 Å². The summed E-state index contributed by atoms with van der Waals surface area (Å²) < 4.78 is 0. The molecule has 0 atom stereocenters. The first-order chi connectivity index (χ1) is 13.5. The van der Waals surface area contributed by atoms with Crippen molar-refractivity contribution in [2.75, 3.05) is 16.8 Å². The number of carbonyl (C=O) groups is 2. The largest absolute Gasteiger partial charge is 0.322 e. The van der Waals surface area contributed by atoms with Crippen molar-refractivity contribution in [2.45, 2.75) is 32.1 Å². The molecule has 1 N–H and O–H groups in total. The molecule has 0 bridgehead atoms. The Hall–Kier alpha value is -3.22. The molecule has 1 fully saturated rings. The van der Waals surface area contributed by atoms with Crippen LogP contribution >= 0.6 is 0 Å². The molecule has 1 heterocycles. The average molecular weight is 379 g/mol. The fraction of sp³-hybridized carbons (Fsp3) is 0.333. The zero-order valence-corrected chi connectivity index (χ0v) is 15.4. The molecule has 0 spiro atoms. The molecule has 7 heteroatoms. The molecule has 7 nitrogen and oxygen atoms in total. The van der Waals surface area contributed by atoms with Crippen LogP contribution in [0.4, 0.5) is 17.1 Å². The Labute approximate surface area is 162 Å². The lowest BCUT2D eigenvalue weighted by molar-refractivity contribution is -0.385. The van der Waals surface area contributed by atoms with Crippen molar-refractivity contribution in [3.63, 3.8) is 0 Å². The number of nitrogens with zero attached hydrogens (tertiary/aromatic N) is 2. The van der Waals surface area contributed by atoms with E-state index in [0.717, 1.165) is 43.4 Å². The second-order valence-electron chi connectivity index (χ2n) is 7.29. The van der Waals surface area contributed by atoms with Crippen molar-refractivity contribution in [1.29, 1.82) is 0 Å². The first kappa shape index (κ1) is 18.2. The van der Waals surface area contributed by atoms with Crippen molar-refractivity contribution >= 4 is 28.9 Å². The predicted molar refractivity (Wildman–Crippen MR) is 106 cm³/mol. The van der Waals surface area contributed by atoms with E-state index in [2.05, 4.69) is 5.32 Å². The maximum atomic E-state index is 12.8. The normalized spacial score (nSPS) is 16.1. The number of amides is 2. The van der Waals surface area contributed by atoms with E-state index in [4.69, 9.17) is 0 Å². The molecule has 4 rings (SSSR count). The van der Waals surface area contributed by atoms with E-state index in [1.54, 1.807) is 18.2 Å². The molecule has 0 saturated heterocycles. The zero-order valence-electron chi connectivity index (χ0n) is 15.4. The summed E-state index contributed by atoms with van der Waals surface area (Å²) in [6, 6.07) is 11.3. The number of carbonyl (C=O) groups excluding carboxylic acids is 2. The van der Waals surface area contributed by atoms with E-state index in [-0.39, 0.29) is 23.1 Å². The highest BCUT2D eigenvalue weighted by molar-refractivity contribution is 6.07. The number of hydrogen-bond acceptors (Lipinski definition) is 4. The van der Waals surface area contributed by atoms with E-state index in [1.807, 2.05) is 11.0 Å². The average Bonchev–Trinajstić information content (AvgIpc) is 3.37. The van der Waals surface area contributed by atoms with Crippen molar-refractivity contribution in [2.24, 2.45) is 5.92 Å². The van der Waals surface area contributed by atoms with Gasteiger partial charge in [-0.05, 0) is 43.0 Å². The monoisotopic (exact) mass is 379 g/mol. The van der Waals surface area contributed by atoms with Crippen LogP contribution in [-0.4, -0.2) is 23.3 Å². The summed E-state index contributed by atoms with van der Waals surface area (Å²) in [6.45, 7) is 0.659. The van der Waals surface area contributed by atoms with Gasteiger partial charge in [-0.15, -0.1) is 0 Å². The van der Waals surface area contributed by atoms with Gasteiger partial charge in [-0.1, -0.05) is 31.0 Å². The third-order valence-electron chi connectivity index (χ3n) is 5.55. The van der Waals surface area contributed by atoms with Gasteiger partial charge in [0.2, 0.25) is 5.91 Å². The molecular formula is C21H21N3O4. The van der Waals surface area contributed by atoms with Gasteiger partial charge in [0.05, 0.1) is 4.92 Å². The molecule has 2 aromatic carbocycles. The van der Waals surface area contributed by atoms with E-state index < -0.39 is 10.8 Å². The highest BCUT2D eigenvalue weighted by Crippen LogP contribution is 2.35. The van der Waals surface area contributed by atoms with Crippen LogP contribution in [0.1, 0.15) is 41.6 Å². The molecule has 0 unspecified atom stereocenters. The van der Waals surface area contributed by atoms with E-state index >= 15 is 0 Å². The second-order valence-corrected chi connectivity index (χ2v) is 7.29. The fourth-order valence-corrected chi connectivity index (χ4v) is 4.10. The van der Waals surface area contributed by atoms with Gasteiger partial charge in [-0.3, -0.25) is 19.7 Å². The number of nitro groups is 1. The van der Waals surface area contributed by atoms with E-state index in [9.17, 15) is 19.7 Å². The summed E-state index contributed by atoms with van der Waals surface area (Å²) in [5.41, 5.74) is 2.20. The Morgan fingerprint density at radius 1 is 1.11 bits per heavy atom. The number of para-hydroxylation sites is 1. The van der Waals surface area contributed by atoms with Gasteiger partial charge in [0, 0.05) is 29.9 Å². The van der Waals surface area contributed by atoms with Crippen molar-refractivity contribution in [3.8, 4) is 0 Å². The standard InChI is InChI=1S/C21H21N3O4/c25-20(17-7-3-4-8-18(17)24(27)28)22-16-10-9-14-11-12-23(19(14)13-16)21(26)15-5-1-2-6-15/h3-4,7-10,13,15H,1-2,5-6,11-12H2,(H,22,25). The van der Waals surface area contributed by atoms with Crippen LogP contribution in [0.3, 0.4) is 0 Å². The predicted octanol–water partition coefficient (Wildman–Crippen LogP) is 3.93. The van der Waals surface area contributed by atoms with Gasteiger partial charge in [0.25, 0.3) is 11.6 Å². The molecule has 144 valence electrons. The van der Waals surface area contributed by atoms with Gasteiger partial charge >= 0.3 is 0 Å². The Morgan fingerprint density at radius 3 is 2.61 bits per heavy atom. The van der Waals surface area contributed by atoms with Crippen molar-refractivity contribution < 1.29 is 14.5 Å². The van der Waals surface area contributed by atoms with Gasteiger partial charge in [-0.2, -0.15) is 0 Å². The summed E-state index contributed by atoms with van der Waals surface area (Å²) in [5, 5.41) is 13.9. The molecule has 1 aliphatic heterocycles. The van der Waals surface area contributed by atoms with Crippen LogP contribution < -0.4 is 10.2 Å². The third kappa shape index (κ3) is 3.35. The first-order valence-electron chi connectivity index (χ1n) is 9.53. The van der Waals surface area contributed by atoms with Gasteiger partial charge in [-0.25, -0.2) is 0 Å². The number of benzene rings is 2. The number of hydrogen-bond donors (Lipinski definition) is 1. The highest BCUT2D eigenvalue weighted by Gasteiger charge is 2.32. The van der Waals surface area contributed by atoms with E-state index in [1.165, 1.54) is 18.2 Å². The number of rotatable bonds is 4.